The summed E-state index contributed by atoms with van der Waals surface area (Å²) in [7, 11) is 0. The first kappa shape index (κ1) is 12.8. The van der Waals surface area contributed by atoms with Gasteiger partial charge >= 0.3 is 0 Å². The number of rotatable bonds is 2. The summed E-state index contributed by atoms with van der Waals surface area (Å²) >= 11 is 0. The van der Waals surface area contributed by atoms with Gasteiger partial charge in [-0.1, -0.05) is 12.1 Å². The third kappa shape index (κ3) is 2.18. The number of para-hydroxylation sites is 1. The molecule has 6 heteroatoms. The zero-order chi connectivity index (χ0) is 14.1. The summed E-state index contributed by atoms with van der Waals surface area (Å²) in [5.74, 6) is -0.0154. The molecule has 2 aromatic rings. The van der Waals surface area contributed by atoms with Gasteiger partial charge in [0.25, 0.3) is 5.91 Å². The first-order chi connectivity index (χ1) is 9.66. The molecular weight excluding hydrogens is 254 g/mol. The maximum absolute atomic E-state index is 12.7. The van der Waals surface area contributed by atoms with E-state index in [1.54, 1.807) is 18.5 Å². The third-order valence-electron chi connectivity index (χ3n) is 3.64. The van der Waals surface area contributed by atoms with E-state index in [0.717, 1.165) is 6.42 Å². The van der Waals surface area contributed by atoms with E-state index in [1.807, 2.05) is 30.0 Å². The maximum Gasteiger partial charge on any atom is 0.256 e. The van der Waals surface area contributed by atoms with E-state index in [2.05, 4.69) is 10.2 Å². The molecule has 2 N–H and O–H groups in total. The van der Waals surface area contributed by atoms with Crippen LogP contribution in [0.25, 0.3) is 5.69 Å². The summed E-state index contributed by atoms with van der Waals surface area (Å²) in [4.78, 5) is 16.0. The SMILES string of the molecule is C[C@@H]1C[C@@H](N)CN1C(=O)c1ccccc1-n1nccn1. The van der Waals surface area contributed by atoms with Crippen molar-refractivity contribution in [2.24, 2.45) is 5.73 Å². The number of carbonyl (C=O) groups is 1. The first-order valence-corrected chi connectivity index (χ1v) is 6.69. The van der Waals surface area contributed by atoms with Gasteiger partial charge in [0.1, 0.15) is 0 Å². The molecule has 0 saturated carbocycles. The smallest absolute Gasteiger partial charge is 0.256 e. The van der Waals surface area contributed by atoms with Crippen LogP contribution in [-0.4, -0.2) is 44.4 Å². The molecule has 0 bridgehead atoms. The molecule has 1 aromatic heterocycles. The monoisotopic (exact) mass is 271 g/mol. The van der Waals surface area contributed by atoms with Crippen LogP contribution < -0.4 is 5.73 Å². The number of nitrogens with two attached hydrogens (primary N) is 1. The van der Waals surface area contributed by atoms with Crippen molar-refractivity contribution in [3.8, 4) is 5.69 Å². The van der Waals surface area contributed by atoms with Crippen molar-refractivity contribution in [3.63, 3.8) is 0 Å². The minimum Gasteiger partial charge on any atom is -0.334 e. The molecule has 1 aliphatic heterocycles. The molecule has 0 unspecified atom stereocenters. The Morgan fingerprint density at radius 3 is 2.65 bits per heavy atom. The molecule has 0 radical (unpaired) electrons. The van der Waals surface area contributed by atoms with Gasteiger partial charge in [-0.3, -0.25) is 4.79 Å². The van der Waals surface area contributed by atoms with E-state index in [1.165, 1.54) is 4.80 Å². The number of aromatic nitrogens is 3. The van der Waals surface area contributed by atoms with Crippen molar-refractivity contribution < 1.29 is 4.79 Å². The van der Waals surface area contributed by atoms with Crippen molar-refractivity contribution >= 4 is 5.91 Å². The molecule has 0 aliphatic carbocycles. The Hall–Kier alpha value is -2.21. The van der Waals surface area contributed by atoms with E-state index in [0.29, 0.717) is 17.8 Å². The third-order valence-corrected chi connectivity index (χ3v) is 3.64. The number of hydrogen-bond acceptors (Lipinski definition) is 4. The molecule has 2 atom stereocenters. The highest BCUT2D eigenvalue weighted by molar-refractivity contribution is 5.98. The van der Waals surface area contributed by atoms with Gasteiger partial charge in [0.2, 0.25) is 0 Å². The normalized spacial score (nSPS) is 22.2. The van der Waals surface area contributed by atoms with Crippen molar-refractivity contribution in [1.29, 1.82) is 0 Å². The van der Waals surface area contributed by atoms with Gasteiger partial charge in [-0.15, -0.1) is 0 Å². The van der Waals surface area contributed by atoms with E-state index in [-0.39, 0.29) is 18.0 Å². The van der Waals surface area contributed by atoms with Crippen molar-refractivity contribution in [2.75, 3.05) is 6.54 Å². The molecule has 2 heterocycles. The molecule has 1 amide bonds. The standard InChI is InChI=1S/C14H17N5O/c1-10-8-11(15)9-18(10)14(20)12-4-2-3-5-13(12)19-16-6-7-17-19/h2-7,10-11H,8-9,15H2,1H3/t10-,11-/m1/s1. The fraction of sp³-hybridized carbons (Fsp3) is 0.357. The van der Waals surface area contributed by atoms with Crippen LogP contribution in [0.2, 0.25) is 0 Å². The highest BCUT2D eigenvalue weighted by Crippen LogP contribution is 2.22. The Morgan fingerprint density at radius 1 is 1.30 bits per heavy atom. The molecule has 0 spiro atoms. The van der Waals surface area contributed by atoms with Gasteiger partial charge in [0, 0.05) is 18.6 Å². The van der Waals surface area contributed by atoms with Gasteiger partial charge in [0.05, 0.1) is 23.6 Å². The number of benzene rings is 1. The first-order valence-electron chi connectivity index (χ1n) is 6.69. The van der Waals surface area contributed by atoms with Gasteiger partial charge in [-0.25, -0.2) is 0 Å². The van der Waals surface area contributed by atoms with Crippen LogP contribution in [0.1, 0.15) is 23.7 Å². The van der Waals surface area contributed by atoms with Crippen LogP contribution in [0, 0.1) is 0 Å². The zero-order valence-corrected chi connectivity index (χ0v) is 11.3. The number of amides is 1. The average molecular weight is 271 g/mol. The van der Waals surface area contributed by atoms with Gasteiger partial charge in [0.15, 0.2) is 0 Å². The molecule has 1 aliphatic rings. The lowest BCUT2D eigenvalue weighted by Crippen LogP contribution is -2.36. The van der Waals surface area contributed by atoms with Crippen molar-refractivity contribution in [3.05, 3.63) is 42.2 Å². The summed E-state index contributed by atoms with van der Waals surface area (Å²) in [6.45, 7) is 2.63. The van der Waals surface area contributed by atoms with Crippen LogP contribution in [0.5, 0.6) is 0 Å². The Bertz CT molecular complexity index is 610. The second-order valence-electron chi connectivity index (χ2n) is 5.14. The highest BCUT2D eigenvalue weighted by atomic mass is 16.2. The van der Waals surface area contributed by atoms with E-state index in [4.69, 9.17) is 5.73 Å². The van der Waals surface area contributed by atoms with Crippen molar-refractivity contribution in [1.82, 2.24) is 19.9 Å². The van der Waals surface area contributed by atoms with Crippen molar-refractivity contribution in [2.45, 2.75) is 25.4 Å². The molecule has 6 nitrogen and oxygen atoms in total. The van der Waals surface area contributed by atoms with Gasteiger partial charge in [-0.2, -0.15) is 15.0 Å². The topological polar surface area (TPSA) is 77.0 Å². The Labute approximate surface area is 117 Å². The molecular formula is C14H17N5O. The second kappa shape index (κ2) is 5.05. The molecule has 104 valence electrons. The summed E-state index contributed by atoms with van der Waals surface area (Å²) in [6.07, 6.45) is 4.03. The van der Waals surface area contributed by atoms with E-state index >= 15 is 0 Å². The summed E-state index contributed by atoms with van der Waals surface area (Å²) in [5, 5.41) is 8.20. The fourth-order valence-electron chi connectivity index (χ4n) is 2.68. The fourth-order valence-corrected chi connectivity index (χ4v) is 2.68. The minimum atomic E-state index is -0.0154. The Kier molecular flexibility index (Phi) is 3.23. The lowest BCUT2D eigenvalue weighted by atomic mass is 10.1. The second-order valence-corrected chi connectivity index (χ2v) is 5.14. The Morgan fingerprint density at radius 2 is 2.00 bits per heavy atom. The van der Waals surface area contributed by atoms with Gasteiger partial charge in [-0.05, 0) is 25.5 Å². The quantitative estimate of drug-likeness (QED) is 0.877. The minimum absolute atomic E-state index is 0.0154. The lowest BCUT2D eigenvalue weighted by Gasteiger charge is -2.22. The number of carbonyl (C=O) groups excluding carboxylic acids is 1. The van der Waals surface area contributed by atoms with E-state index in [9.17, 15) is 4.79 Å². The van der Waals surface area contributed by atoms with Crippen LogP contribution in [0.4, 0.5) is 0 Å². The van der Waals surface area contributed by atoms with E-state index < -0.39 is 0 Å². The predicted molar refractivity (Wildman–Crippen MR) is 74.4 cm³/mol. The lowest BCUT2D eigenvalue weighted by molar-refractivity contribution is 0.0745. The van der Waals surface area contributed by atoms with Gasteiger partial charge < -0.3 is 10.6 Å². The molecule has 3 rings (SSSR count). The maximum atomic E-state index is 12.7. The molecule has 1 fully saturated rings. The van der Waals surface area contributed by atoms with Crippen LogP contribution in [-0.2, 0) is 0 Å². The number of hydrogen-bond donors (Lipinski definition) is 1. The Balaban J connectivity index is 1.97. The largest absolute Gasteiger partial charge is 0.334 e. The summed E-state index contributed by atoms with van der Waals surface area (Å²) < 4.78 is 0. The highest BCUT2D eigenvalue weighted by Gasteiger charge is 2.32. The molecule has 1 saturated heterocycles. The zero-order valence-electron chi connectivity index (χ0n) is 11.3. The average Bonchev–Trinajstić information content (AvgIpc) is 3.07. The number of nitrogens with zero attached hydrogens (tertiary/aromatic N) is 4. The van der Waals surface area contributed by atoms with Crippen LogP contribution in [0.15, 0.2) is 36.7 Å². The molecule has 20 heavy (non-hydrogen) atoms. The summed E-state index contributed by atoms with van der Waals surface area (Å²) in [6, 6.07) is 7.58. The van der Waals surface area contributed by atoms with Crippen LogP contribution >= 0.6 is 0 Å². The number of likely N-dealkylation sites (tertiary alicyclic amines) is 1. The summed E-state index contributed by atoms with van der Waals surface area (Å²) in [5.41, 5.74) is 7.23. The molecule has 1 aromatic carbocycles. The van der Waals surface area contributed by atoms with Crippen LogP contribution in [0.3, 0.4) is 0 Å². The predicted octanol–water partition coefficient (Wildman–Crippen LogP) is 0.829.